The SMILES string of the molecule is COc1cc(OCc2ccncc2)cc(C(=O)N(C)C)c1. The highest BCUT2D eigenvalue weighted by atomic mass is 16.5. The average molecular weight is 286 g/mol. The first-order chi connectivity index (χ1) is 10.1. The molecule has 0 aliphatic rings. The zero-order chi connectivity index (χ0) is 15.2. The highest BCUT2D eigenvalue weighted by molar-refractivity contribution is 5.94. The number of pyridine rings is 1. The van der Waals surface area contributed by atoms with Crippen molar-refractivity contribution in [2.45, 2.75) is 6.61 Å². The number of methoxy groups -OCH3 is 1. The van der Waals surface area contributed by atoms with Crippen LogP contribution in [0.1, 0.15) is 15.9 Å². The molecule has 0 spiro atoms. The van der Waals surface area contributed by atoms with Crippen LogP contribution in [0.4, 0.5) is 0 Å². The van der Waals surface area contributed by atoms with E-state index < -0.39 is 0 Å². The van der Waals surface area contributed by atoms with E-state index in [9.17, 15) is 4.79 Å². The number of carbonyl (C=O) groups is 1. The Hall–Kier alpha value is -2.56. The monoisotopic (exact) mass is 286 g/mol. The Morgan fingerprint density at radius 1 is 1.14 bits per heavy atom. The molecule has 1 amide bonds. The summed E-state index contributed by atoms with van der Waals surface area (Å²) < 4.78 is 10.9. The highest BCUT2D eigenvalue weighted by Gasteiger charge is 2.11. The average Bonchev–Trinajstić information content (AvgIpc) is 2.52. The molecule has 1 aromatic heterocycles. The first-order valence-electron chi connectivity index (χ1n) is 6.52. The van der Waals surface area contributed by atoms with Crippen molar-refractivity contribution in [2.75, 3.05) is 21.2 Å². The van der Waals surface area contributed by atoms with Gasteiger partial charge in [-0.1, -0.05) is 0 Å². The second kappa shape index (κ2) is 6.74. The fourth-order valence-corrected chi connectivity index (χ4v) is 1.80. The van der Waals surface area contributed by atoms with Crippen LogP contribution < -0.4 is 9.47 Å². The number of aromatic nitrogens is 1. The van der Waals surface area contributed by atoms with E-state index in [1.165, 1.54) is 4.90 Å². The summed E-state index contributed by atoms with van der Waals surface area (Å²) in [5, 5.41) is 0. The van der Waals surface area contributed by atoms with Gasteiger partial charge in [0.25, 0.3) is 5.91 Å². The molecule has 5 nitrogen and oxygen atoms in total. The minimum atomic E-state index is -0.0948. The minimum absolute atomic E-state index is 0.0948. The smallest absolute Gasteiger partial charge is 0.253 e. The summed E-state index contributed by atoms with van der Waals surface area (Å²) in [6, 6.07) is 8.93. The standard InChI is InChI=1S/C16H18N2O3/c1-18(2)16(19)13-8-14(20-3)10-15(9-13)21-11-12-4-6-17-7-5-12/h4-10H,11H2,1-3H3. The topological polar surface area (TPSA) is 51.7 Å². The van der Waals surface area contributed by atoms with Gasteiger partial charge in [0.05, 0.1) is 7.11 Å². The van der Waals surface area contributed by atoms with Crippen molar-refractivity contribution < 1.29 is 14.3 Å². The summed E-state index contributed by atoms with van der Waals surface area (Å²) in [6.07, 6.45) is 3.43. The summed E-state index contributed by atoms with van der Waals surface area (Å²) in [7, 11) is 4.98. The maximum Gasteiger partial charge on any atom is 0.253 e. The fourth-order valence-electron chi connectivity index (χ4n) is 1.80. The third kappa shape index (κ3) is 3.95. The van der Waals surface area contributed by atoms with E-state index in [-0.39, 0.29) is 5.91 Å². The molecule has 0 fully saturated rings. The van der Waals surface area contributed by atoms with Gasteiger partial charge in [-0.3, -0.25) is 9.78 Å². The molecule has 0 saturated carbocycles. The molecule has 0 unspecified atom stereocenters. The van der Waals surface area contributed by atoms with Crippen molar-refractivity contribution in [3.8, 4) is 11.5 Å². The Bertz CT molecular complexity index is 612. The second-order valence-electron chi connectivity index (χ2n) is 4.74. The van der Waals surface area contributed by atoms with Crippen LogP contribution in [0.25, 0.3) is 0 Å². The number of amides is 1. The molecule has 1 heterocycles. The van der Waals surface area contributed by atoms with E-state index in [2.05, 4.69) is 4.98 Å². The van der Waals surface area contributed by atoms with E-state index in [4.69, 9.17) is 9.47 Å². The zero-order valence-electron chi connectivity index (χ0n) is 12.4. The molecule has 2 rings (SSSR count). The molecule has 0 N–H and O–H groups in total. The van der Waals surface area contributed by atoms with Gasteiger partial charge in [0.15, 0.2) is 0 Å². The third-order valence-corrected chi connectivity index (χ3v) is 2.92. The quantitative estimate of drug-likeness (QED) is 0.846. The Morgan fingerprint density at radius 2 is 1.81 bits per heavy atom. The Balaban J connectivity index is 2.19. The van der Waals surface area contributed by atoms with Crippen LogP contribution in [0, 0.1) is 0 Å². The van der Waals surface area contributed by atoms with E-state index in [0.29, 0.717) is 23.7 Å². The predicted molar refractivity (Wildman–Crippen MR) is 79.6 cm³/mol. The zero-order valence-corrected chi connectivity index (χ0v) is 12.4. The van der Waals surface area contributed by atoms with Crippen LogP contribution in [-0.4, -0.2) is 37.0 Å². The van der Waals surface area contributed by atoms with E-state index >= 15 is 0 Å². The lowest BCUT2D eigenvalue weighted by atomic mass is 10.2. The summed E-state index contributed by atoms with van der Waals surface area (Å²) in [5.74, 6) is 1.09. The maximum absolute atomic E-state index is 12.0. The van der Waals surface area contributed by atoms with Crippen LogP contribution in [0.5, 0.6) is 11.5 Å². The first kappa shape index (κ1) is 14.8. The lowest BCUT2D eigenvalue weighted by Crippen LogP contribution is -2.21. The van der Waals surface area contributed by atoms with Crippen LogP contribution in [-0.2, 0) is 6.61 Å². The molecule has 110 valence electrons. The molecule has 0 radical (unpaired) electrons. The predicted octanol–water partition coefficient (Wildman–Crippen LogP) is 2.37. The molecule has 1 aromatic carbocycles. The van der Waals surface area contributed by atoms with Gasteiger partial charge in [0.2, 0.25) is 0 Å². The van der Waals surface area contributed by atoms with Gasteiger partial charge in [-0.15, -0.1) is 0 Å². The normalized spacial score (nSPS) is 10.0. The molecule has 0 atom stereocenters. The number of benzene rings is 1. The number of nitrogens with zero attached hydrogens (tertiary/aromatic N) is 2. The molecule has 2 aromatic rings. The van der Waals surface area contributed by atoms with Gasteiger partial charge in [0.1, 0.15) is 18.1 Å². The third-order valence-electron chi connectivity index (χ3n) is 2.92. The molecule has 0 bridgehead atoms. The first-order valence-corrected chi connectivity index (χ1v) is 6.52. The van der Waals surface area contributed by atoms with Crippen LogP contribution in [0.3, 0.4) is 0 Å². The minimum Gasteiger partial charge on any atom is -0.497 e. The summed E-state index contributed by atoms with van der Waals surface area (Å²) >= 11 is 0. The van der Waals surface area contributed by atoms with Crippen molar-refractivity contribution >= 4 is 5.91 Å². The molecule has 0 aliphatic heterocycles. The van der Waals surface area contributed by atoms with Crippen molar-refractivity contribution in [2.24, 2.45) is 0 Å². The number of hydrogen-bond acceptors (Lipinski definition) is 4. The summed E-state index contributed by atoms with van der Waals surface area (Å²) in [6.45, 7) is 0.408. The van der Waals surface area contributed by atoms with Gasteiger partial charge >= 0.3 is 0 Å². The number of ether oxygens (including phenoxy) is 2. The van der Waals surface area contributed by atoms with Gasteiger partial charge in [-0.05, 0) is 29.8 Å². The molecule has 5 heteroatoms. The Morgan fingerprint density at radius 3 is 2.43 bits per heavy atom. The van der Waals surface area contributed by atoms with E-state index in [0.717, 1.165) is 5.56 Å². The van der Waals surface area contributed by atoms with E-state index in [1.54, 1.807) is 51.8 Å². The molecule has 0 saturated heterocycles. The molecular formula is C16H18N2O3. The van der Waals surface area contributed by atoms with Gasteiger partial charge in [-0.25, -0.2) is 0 Å². The van der Waals surface area contributed by atoms with Gasteiger partial charge in [0, 0.05) is 38.1 Å². The molecule has 21 heavy (non-hydrogen) atoms. The maximum atomic E-state index is 12.0. The Labute approximate surface area is 124 Å². The lowest BCUT2D eigenvalue weighted by Gasteiger charge is -2.13. The van der Waals surface area contributed by atoms with Crippen LogP contribution >= 0.6 is 0 Å². The number of rotatable bonds is 5. The Kier molecular flexibility index (Phi) is 4.77. The fraction of sp³-hybridized carbons (Fsp3) is 0.250. The summed E-state index contributed by atoms with van der Waals surface area (Å²) in [4.78, 5) is 17.5. The van der Waals surface area contributed by atoms with Crippen LogP contribution in [0.15, 0.2) is 42.7 Å². The lowest BCUT2D eigenvalue weighted by molar-refractivity contribution is 0.0826. The second-order valence-corrected chi connectivity index (χ2v) is 4.74. The molecule has 0 aliphatic carbocycles. The summed E-state index contributed by atoms with van der Waals surface area (Å²) in [5.41, 5.74) is 1.54. The van der Waals surface area contributed by atoms with Gasteiger partial charge in [-0.2, -0.15) is 0 Å². The number of hydrogen-bond donors (Lipinski definition) is 0. The highest BCUT2D eigenvalue weighted by Crippen LogP contribution is 2.24. The largest absolute Gasteiger partial charge is 0.497 e. The van der Waals surface area contributed by atoms with Crippen molar-refractivity contribution in [3.63, 3.8) is 0 Å². The van der Waals surface area contributed by atoms with Crippen molar-refractivity contribution in [1.29, 1.82) is 0 Å². The van der Waals surface area contributed by atoms with E-state index in [1.807, 2.05) is 12.1 Å². The van der Waals surface area contributed by atoms with Crippen molar-refractivity contribution in [3.05, 3.63) is 53.9 Å². The van der Waals surface area contributed by atoms with Crippen LogP contribution in [0.2, 0.25) is 0 Å². The van der Waals surface area contributed by atoms with Gasteiger partial charge < -0.3 is 14.4 Å². The number of carbonyl (C=O) groups excluding carboxylic acids is 1. The molecular weight excluding hydrogens is 268 g/mol. The van der Waals surface area contributed by atoms with Crippen molar-refractivity contribution in [1.82, 2.24) is 9.88 Å².